The number of allylic oxidation sites excluding steroid dienone is 6. The van der Waals surface area contributed by atoms with Gasteiger partial charge in [0, 0.05) is 0 Å². The second kappa shape index (κ2) is 7.29. The molecule has 0 aromatic carbocycles. The Morgan fingerprint density at radius 1 is 1.33 bits per heavy atom. The highest BCUT2D eigenvalue weighted by Crippen LogP contribution is 2.16. The Balaban J connectivity index is 0.000000561. The number of rotatable bonds is 1. The van der Waals surface area contributed by atoms with E-state index in [1.165, 1.54) is 0 Å². The zero-order valence-corrected chi connectivity index (χ0v) is 9.07. The molecule has 0 amide bonds. The Hall–Kier alpha value is -0.370. The summed E-state index contributed by atoms with van der Waals surface area (Å²) in [6.07, 6.45) is 8.81. The third-order valence-corrected chi connectivity index (χ3v) is 1.54. The van der Waals surface area contributed by atoms with Crippen LogP contribution in [0.1, 0.15) is 19.8 Å². The second-order valence-electron chi connectivity index (χ2n) is 2.27. The van der Waals surface area contributed by atoms with Crippen LogP contribution < -0.4 is 0 Å². The highest BCUT2D eigenvalue weighted by atomic mass is 79.9. The first-order valence-electron chi connectivity index (χ1n) is 3.94. The van der Waals surface area contributed by atoms with Gasteiger partial charge in [-0.3, -0.25) is 0 Å². The zero-order valence-electron chi connectivity index (χ0n) is 7.48. The van der Waals surface area contributed by atoms with Crippen LogP contribution in [0.4, 0.5) is 4.39 Å². The molecule has 0 saturated heterocycles. The fraction of sp³-hybridized carbons (Fsp3) is 0.400. The van der Waals surface area contributed by atoms with Crippen molar-refractivity contribution < 1.29 is 4.39 Å². The van der Waals surface area contributed by atoms with Crippen LogP contribution in [0.5, 0.6) is 0 Å². The Bertz CT molecular complexity index is 202. The lowest BCUT2D eigenvalue weighted by Crippen LogP contribution is -1.76. The smallest absolute Gasteiger partial charge is 0.126 e. The van der Waals surface area contributed by atoms with Gasteiger partial charge in [-0.1, -0.05) is 41.1 Å². The minimum absolute atomic E-state index is 0.0868. The van der Waals surface area contributed by atoms with Crippen molar-refractivity contribution in [2.24, 2.45) is 0 Å². The molecule has 0 unspecified atom stereocenters. The van der Waals surface area contributed by atoms with Gasteiger partial charge < -0.3 is 0 Å². The number of halogens is 2. The summed E-state index contributed by atoms with van der Waals surface area (Å²) in [6, 6.07) is 0. The summed E-state index contributed by atoms with van der Waals surface area (Å²) in [5, 5.41) is 0. The summed E-state index contributed by atoms with van der Waals surface area (Å²) in [5.41, 5.74) is 0.800. The van der Waals surface area contributed by atoms with Crippen LogP contribution in [-0.4, -0.2) is 5.83 Å². The molecule has 0 radical (unpaired) electrons. The normalized spacial score (nSPS) is 15.3. The van der Waals surface area contributed by atoms with Gasteiger partial charge in [-0.15, -0.1) is 0 Å². The van der Waals surface area contributed by atoms with Gasteiger partial charge in [-0.2, -0.15) is 0 Å². The van der Waals surface area contributed by atoms with Gasteiger partial charge in [0.25, 0.3) is 0 Å². The molecule has 0 aliphatic heterocycles. The third kappa shape index (κ3) is 3.86. The Morgan fingerprint density at radius 2 is 1.92 bits per heavy atom. The van der Waals surface area contributed by atoms with Crippen molar-refractivity contribution in [2.75, 3.05) is 5.83 Å². The van der Waals surface area contributed by atoms with E-state index in [9.17, 15) is 4.39 Å². The highest BCUT2D eigenvalue weighted by Gasteiger charge is 1.98. The van der Waals surface area contributed by atoms with Crippen LogP contribution in [0.25, 0.3) is 0 Å². The summed E-state index contributed by atoms with van der Waals surface area (Å²) in [7, 11) is 0. The van der Waals surface area contributed by atoms with Crippen LogP contribution in [0.2, 0.25) is 0 Å². The lowest BCUT2D eigenvalue weighted by molar-refractivity contribution is 0.653. The zero-order chi connectivity index (χ0) is 9.40. The summed E-state index contributed by atoms with van der Waals surface area (Å²) >= 11 is 2.94. The molecule has 2 heteroatoms. The van der Waals surface area contributed by atoms with Crippen molar-refractivity contribution >= 4 is 15.9 Å². The molecule has 0 saturated carbocycles. The first kappa shape index (κ1) is 11.6. The number of hydrogen-bond donors (Lipinski definition) is 0. The molecular formula is C10H14BrF. The van der Waals surface area contributed by atoms with Crippen molar-refractivity contribution in [1.29, 1.82) is 0 Å². The SMILES string of the molecule is CBr.CCC1=C(F)C=CCC=C1. The van der Waals surface area contributed by atoms with E-state index in [1.807, 2.05) is 31.0 Å². The number of alkyl halides is 1. The van der Waals surface area contributed by atoms with Crippen LogP contribution >= 0.6 is 15.9 Å². The molecule has 0 fully saturated rings. The molecule has 0 aromatic rings. The van der Waals surface area contributed by atoms with E-state index >= 15 is 0 Å². The summed E-state index contributed by atoms with van der Waals surface area (Å²) in [6.45, 7) is 1.96. The molecule has 1 aliphatic rings. The third-order valence-electron chi connectivity index (χ3n) is 1.54. The maximum atomic E-state index is 12.8. The van der Waals surface area contributed by atoms with Gasteiger partial charge in [-0.05, 0) is 30.3 Å². The van der Waals surface area contributed by atoms with Gasteiger partial charge in [0.2, 0.25) is 0 Å². The Kier molecular flexibility index (Phi) is 7.06. The van der Waals surface area contributed by atoms with Gasteiger partial charge >= 0.3 is 0 Å². The van der Waals surface area contributed by atoms with Crippen molar-refractivity contribution in [2.45, 2.75) is 19.8 Å². The van der Waals surface area contributed by atoms with E-state index < -0.39 is 0 Å². The van der Waals surface area contributed by atoms with Crippen LogP contribution in [0.3, 0.4) is 0 Å². The van der Waals surface area contributed by atoms with Gasteiger partial charge in [0.15, 0.2) is 0 Å². The summed E-state index contributed by atoms with van der Waals surface area (Å²) < 4.78 is 12.8. The van der Waals surface area contributed by atoms with E-state index in [0.29, 0.717) is 0 Å². The van der Waals surface area contributed by atoms with Crippen molar-refractivity contribution in [1.82, 2.24) is 0 Å². The van der Waals surface area contributed by atoms with Crippen LogP contribution in [0.15, 0.2) is 35.7 Å². The molecule has 12 heavy (non-hydrogen) atoms. The Morgan fingerprint density at radius 3 is 2.50 bits per heavy atom. The fourth-order valence-corrected chi connectivity index (χ4v) is 0.934. The average molecular weight is 233 g/mol. The minimum atomic E-state index is -0.0868. The van der Waals surface area contributed by atoms with Gasteiger partial charge in [-0.25, -0.2) is 4.39 Å². The fourth-order valence-electron chi connectivity index (χ4n) is 0.934. The van der Waals surface area contributed by atoms with Gasteiger partial charge in [0.1, 0.15) is 5.83 Å². The molecule has 68 valence electrons. The van der Waals surface area contributed by atoms with Crippen molar-refractivity contribution in [3.63, 3.8) is 0 Å². The van der Waals surface area contributed by atoms with Crippen LogP contribution in [-0.2, 0) is 0 Å². The maximum absolute atomic E-state index is 12.8. The second-order valence-corrected chi connectivity index (χ2v) is 2.27. The lowest BCUT2D eigenvalue weighted by Gasteiger charge is -1.94. The van der Waals surface area contributed by atoms with E-state index in [-0.39, 0.29) is 5.83 Å². The summed E-state index contributed by atoms with van der Waals surface area (Å²) in [5.74, 6) is 1.73. The molecule has 0 spiro atoms. The monoisotopic (exact) mass is 232 g/mol. The first-order chi connectivity index (χ1) is 5.84. The predicted octanol–water partition coefficient (Wildman–Crippen LogP) is 4.15. The quantitative estimate of drug-likeness (QED) is 0.597. The predicted molar refractivity (Wildman–Crippen MR) is 56.2 cm³/mol. The molecule has 0 nitrogen and oxygen atoms in total. The molecule has 0 aromatic heterocycles. The first-order valence-corrected chi connectivity index (χ1v) is 5.52. The Labute approximate surface area is 82.0 Å². The van der Waals surface area contributed by atoms with Crippen molar-refractivity contribution in [3.8, 4) is 0 Å². The molecule has 1 rings (SSSR count). The molecule has 0 heterocycles. The highest BCUT2D eigenvalue weighted by molar-refractivity contribution is 9.08. The van der Waals surface area contributed by atoms with Gasteiger partial charge in [0.05, 0.1) is 0 Å². The van der Waals surface area contributed by atoms with E-state index in [2.05, 4.69) is 15.9 Å². The summed E-state index contributed by atoms with van der Waals surface area (Å²) in [4.78, 5) is 0. The largest absolute Gasteiger partial charge is 0.207 e. The van der Waals surface area contributed by atoms with Crippen LogP contribution in [0, 0.1) is 0 Å². The average Bonchev–Trinajstić information content (AvgIpc) is 2.33. The standard InChI is InChI=1S/C9H11F.CH3Br/c1-2-8-6-4-3-5-7-9(8)10;1-2/h4-7H,2-3H2,1H3;1H3. The van der Waals surface area contributed by atoms with E-state index in [0.717, 1.165) is 18.4 Å². The number of hydrogen-bond acceptors (Lipinski definition) is 0. The topological polar surface area (TPSA) is 0 Å². The van der Waals surface area contributed by atoms with Crippen molar-refractivity contribution in [3.05, 3.63) is 35.7 Å². The minimum Gasteiger partial charge on any atom is -0.207 e. The molecular weight excluding hydrogens is 219 g/mol. The lowest BCUT2D eigenvalue weighted by atomic mass is 10.2. The molecule has 0 N–H and O–H groups in total. The molecule has 0 bridgehead atoms. The molecule has 1 aliphatic carbocycles. The van der Waals surface area contributed by atoms with E-state index in [4.69, 9.17) is 0 Å². The van der Waals surface area contributed by atoms with E-state index in [1.54, 1.807) is 6.08 Å². The maximum Gasteiger partial charge on any atom is 0.126 e. The molecule has 0 atom stereocenters.